The molecule has 13 heavy (non-hydrogen) atoms. The monoisotopic (exact) mass is 177 g/mol. The molecular weight excluding hydrogens is 170 g/mol. The number of fused-ring (bicyclic) bond motifs is 1. The van der Waals surface area contributed by atoms with Gasteiger partial charge < -0.3 is 10.5 Å². The first-order chi connectivity index (χ1) is 6.31. The summed E-state index contributed by atoms with van der Waals surface area (Å²) in [5.41, 5.74) is 6.53. The van der Waals surface area contributed by atoms with Crippen LogP contribution >= 0.6 is 0 Å². The summed E-state index contributed by atoms with van der Waals surface area (Å²) in [5.74, 6) is 0.273. The van der Waals surface area contributed by atoms with E-state index in [2.05, 4.69) is 19.9 Å². The Balaban J connectivity index is 2.77. The van der Waals surface area contributed by atoms with E-state index < -0.39 is 0 Å². The predicted octanol–water partition coefficient (Wildman–Crippen LogP) is 0.0106. The van der Waals surface area contributed by atoms with Crippen molar-refractivity contribution >= 4 is 17.0 Å². The number of aromatic nitrogens is 4. The number of anilines is 1. The van der Waals surface area contributed by atoms with Gasteiger partial charge in [-0.15, -0.1) is 0 Å². The minimum absolute atomic E-state index is 0.200. The van der Waals surface area contributed by atoms with Gasteiger partial charge in [0.2, 0.25) is 0 Å². The summed E-state index contributed by atoms with van der Waals surface area (Å²) >= 11 is 0. The van der Waals surface area contributed by atoms with Gasteiger partial charge in [0.25, 0.3) is 0 Å². The van der Waals surface area contributed by atoms with Crippen molar-refractivity contribution in [2.45, 2.75) is 0 Å². The first-order valence-corrected chi connectivity index (χ1v) is 3.59. The fraction of sp³-hybridized carbons (Fsp3) is 0.143. The van der Waals surface area contributed by atoms with E-state index in [1.165, 1.54) is 19.5 Å². The molecule has 2 heterocycles. The molecule has 0 radical (unpaired) electrons. The number of hydrogen-bond donors (Lipinski definition) is 1. The average molecular weight is 177 g/mol. The molecule has 2 aromatic rings. The number of ether oxygens (including phenoxy) is 1. The molecule has 2 N–H and O–H groups in total. The van der Waals surface area contributed by atoms with Crippen molar-refractivity contribution in [1.29, 1.82) is 0 Å². The molecular formula is C7H7N5O. The van der Waals surface area contributed by atoms with Crippen LogP contribution in [0.5, 0.6) is 6.01 Å². The normalized spacial score (nSPS) is 10.2. The number of methoxy groups -OCH3 is 1. The number of hydrogen-bond acceptors (Lipinski definition) is 6. The Morgan fingerprint density at radius 3 is 2.77 bits per heavy atom. The third-order valence-corrected chi connectivity index (χ3v) is 1.52. The smallest absolute Gasteiger partial charge is 0.320 e. The van der Waals surface area contributed by atoms with Gasteiger partial charge in [0.05, 0.1) is 7.11 Å². The predicted molar refractivity (Wildman–Crippen MR) is 46.1 cm³/mol. The van der Waals surface area contributed by atoms with Crippen LogP contribution in [0.25, 0.3) is 11.2 Å². The van der Waals surface area contributed by atoms with Crippen LogP contribution in [-0.4, -0.2) is 27.0 Å². The molecule has 6 heteroatoms. The lowest BCUT2D eigenvalue weighted by atomic mass is 10.5. The Hall–Kier alpha value is -1.98. The van der Waals surface area contributed by atoms with Crippen molar-refractivity contribution < 1.29 is 4.74 Å². The Bertz CT molecular complexity index is 444. The highest BCUT2D eigenvalue weighted by molar-refractivity contribution is 5.80. The van der Waals surface area contributed by atoms with Crippen LogP contribution in [0.1, 0.15) is 0 Å². The third kappa shape index (κ3) is 1.22. The van der Waals surface area contributed by atoms with Gasteiger partial charge in [0.1, 0.15) is 0 Å². The molecule has 0 fully saturated rings. The molecule has 66 valence electrons. The first-order valence-electron chi connectivity index (χ1n) is 3.59. The second-order valence-electron chi connectivity index (χ2n) is 2.32. The molecule has 2 aromatic heterocycles. The van der Waals surface area contributed by atoms with E-state index in [4.69, 9.17) is 10.5 Å². The van der Waals surface area contributed by atoms with Crippen LogP contribution in [0.4, 0.5) is 5.82 Å². The summed E-state index contributed by atoms with van der Waals surface area (Å²) in [5, 5.41) is 0. The zero-order valence-electron chi connectivity index (χ0n) is 6.93. The molecule has 0 aliphatic carbocycles. The Morgan fingerprint density at radius 1 is 1.23 bits per heavy atom. The largest absolute Gasteiger partial charge is 0.467 e. The highest BCUT2D eigenvalue weighted by Crippen LogP contribution is 2.14. The van der Waals surface area contributed by atoms with Crippen molar-refractivity contribution in [3.05, 3.63) is 12.4 Å². The molecule has 2 rings (SSSR count). The lowest BCUT2D eigenvalue weighted by Crippen LogP contribution is -2.00. The molecule has 0 saturated carbocycles. The van der Waals surface area contributed by atoms with E-state index in [-0.39, 0.29) is 11.8 Å². The van der Waals surface area contributed by atoms with E-state index in [1.807, 2.05) is 0 Å². The number of nitrogens with zero attached hydrogens (tertiary/aromatic N) is 4. The van der Waals surface area contributed by atoms with Gasteiger partial charge >= 0.3 is 6.01 Å². The Morgan fingerprint density at radius 2 is 2.00 bits per heavy atom. The van der Waals surface area contributed by atoms with Gasteiger partial charge in [-0.05, 0) is 0 Å². The van der Waals surface area contributed by atoms with Crippen LogP contribution in [0.3, 0.4) is 0 Å². The zero-order chi connectivity index (χ0) is 9.26. The SMILES string of the molecule is COc1nc(N)c2nccnc2n1. The van der Waals surface area contributed by atoms with Gasteiger partial charge in [0.15, 0.2) is 17.0 Å². The lowest BCUT2D eigenvalue weighted by molar-refractivity contribution is 0.382. The van der Waals surface area contributed by atoms with E-state index in [0.717, 1.165) is 0 Å². The third-order valence-electron chi connectivity index (χ3n) is 1.52. The van der Waals surface area contributed by atoms with Crippen LogP contribution in [-0.2, 0) is 0 Å². The standard InChI is InChI=1S/C7H7N5O/c1-13-7-11-5(8)4-6(12-7)10-3-2-9-4/h2-3H,1H3,(H2,8,10,11,12). The minimum Gasteiger partial charge on any atom is -0.467 e. The van der Waals surface area contributed by atoms with Gasteiger partial charge in [-0.2, -0.15) is 9.97 Å². The van der Waals surface area contributed by atoms with E-state index in [1.54, 1.807) is 0 Å². The van der Waals surface area contributed by atoms with E-state index in [9.17, 15) is 0 Å². The molecule has 0 aromatic carbocycles. The first kappa shape index (κ1) is 7.66. The fourth-order valence-electron chi connectivity index (χ4n) is 0.956. The molecule has 0 spiro atoms. The fourth-order valence-corrected chi connectivity index (χ4v) is 0.956. The highest BCUT2D eigenvalue weighted by atomic mass is 16.5. The summed E-state index contributed by atoms with van der Waals surface area (Å²) in [7, 11) is 1.47. The summed E-state index contributed by atoms with van der Waals surface area (Å²) in [4.78, 5) is 15.8. The second-order valence-corrected chi connectivity index (χ2v) is 2.32. The summed E-state index contributed by atoms with van der Waals surface area (Å²) < 4.78 is 4.83. The van der Waals surface area contributed by atoms with Crippen LogP contribution in [0.15, 0.2) is 12.4 Å². The maximum atomic E-state index is 5.60. The second kappa shape index (κ2) is 2.81. The molecule has 0 amide bonds. The summed E-state index contributed by atoms with van der Waals surface area (Å²) in [6, 6.07) is 0.200. The maximum Gasteiger partial charge on any atom is 0.320 e. The molecule has 0 saturated heterocycles. The van der Waals surface area contributed by atoms with Gasteiger partial charge in [-0.1, -0.05) is 0 Å². The zero-order valence-corrected chi connectivity index (χ0v) is 6.93. The van der Waals surface area contributed by atoms with Crippen molar-refractivity contribution in [1.82, 2.24) is 19.9 Å². The number of nitrogen functional groups attached to an aromatic ring is 1. The Labute approximate surface area is 73.8 Å². The number of nitrogens with two attached hydrogens (primary N) is 1. The lowest BCUT2D eigenvalue weighted by Gasteiger charge is -2.00. The van der Waals surface area contributed by atoms with Crippen LogP contribution in [0, 0.1) is 0 Å². The quantitative estimate of drug-likeness (QED) is 0.660. The molecule has 0 unspecified atom stereocenters. The Kier molecular flexibility index (Phi) is 1.66. The molecule has 6 nitrogen and oxygen atoms in total. The molecule has 0 aliphatic rings. The van der Waals surface area contributed by atoms with E-state index >= 15 is 0 Å². The van der Waals surface area contributed by atoms with Crippen LogP contribution in [0.2, 0.25) is 0 Å². The van der Waals surface area contributed by atoms with Crippen molar-refractivity contribution in [3.8, 4) is 6.01 Å². The molecule has 0 bridgehead atoms. The molecule has 0 atom stereocenters. The topological polar surface area (TPSA) is 86.8 Å². The van der Waals surface area contributed by atoms with Gasteiger partial charge in [-0.3, -0.25) is 0 Å². The molecule has 0 aliphatic heterocycles. The van der Waals surface area contributed by atoms with Crippen LogP contribution < -0.4 is 10.5 Å². The van der Waals surface area contributed by atoms with Gasteiger partial charge in [-0.25, -0.2) is 9.97 Å². The van der Waals surface area contributed by atoms with Crippen molar-refractivity contribution in [2.24, 2.45) is 0 Å². The highest BCUT2D eigenvalue weighted by Gasteiger charge is 2.05. The van der Waals surface area contributed by atoms with E-state index in [0.29, 0.717) is 11.2 Å². The minimum atomic E-state index is 0.200. The maximum absolute atomic E-state index is 5.60. The number of rotatable bonds is 1. The van der Waals surface area contributed by atoms with Crippen molar-refractivity contribution in [2.75, 3.05) is 12.8 Å². The van der Waals surface area contributed by atoms with Crippen molar-refractivity contribution in [3.63, 3.8) is 0 Å². The summed E-state index contributed by atoms with van der Waals surface area (Å²) in [6.45, 7) is 0. The van der Waals surface area contributed by atoms with Gasteiger partial charge in [0, 0.05) is 12.4 Å². The summed E-state index contributed by atoms with van der Waals surface area (Å²) in [6.07, 6.45) is 3.07. The average Bonchev–Trinajstić information content (AvgIpc) is 2.18.